The summed E-state index contributed by atoms with van der Waals surface area (Å²) >= 11 is 0. The maximum Gasteiger partial charge on any atom is 0.238 e. The lowest BCUT2D eigenvalue weighted by Crippen LogP contribution is -2.26. The second kappa shape index (κ2) is 4.54. The smallest absolute Gasteiger partial charge is 0.238 e. The lowest BCUT2D eigenvalue weighted by atomic mass is 10.0. The Kier molecular flexibility index (Phi) is 2.97. The van der Waals surface area contributed by atoms with Gasteiger partial charge in [-0.25, -0.2) is 13.6 Å². The first-order chi connectivity index (χ1) is 9.95. The molecule has 0 aliphatic heterocycles. The first-order valence-electron chi connectivity index (χ1n) is 7.84. The summed E-state index contributed by atoms with van der Waals surface area (Å²) in [6.45, 7) is 2.11. The van der Waals surface area contributed by atoms with Crippen LogP contribution in [-0.4, -0.2) is 14.5 Å². The lowest BCUT2D eigenvalue weighted by Gasteiger charge is -2.18. The van der Waals surface area contributed by atoms with E-state index in [0.29, 0.717) is 6.04 Å². The third kappa shape index (κ3) is 2.22. The molecule has 4 rings (SSSR count). The molecule has 5 heteroatoms. The van der Waals surface area contributed by atoms with Crippen LogP contribution in [0.25, 0.3) is 0 Å². The molecule has 3 N–H and O–H groups in total. The highest BCUT2D eigenvalue weighted by atomic mass is 32.2. The van der Waals surface area contributed by atoms with E-state index in [1.165, 1.54) is 19.3 Å². The Hall–Kier alpha value is -0.910. The van der Waals surface area contributed by atoms with Gasteiger partial charge in [0.25, 0.3) is 0 Å². The number of sulfonamides is 1. The van der Waals surface area contributed by atoms with Crippen LogP contribution in [0.4, 0.5) is 0 Å². The molecule has 0 radical (unpaired) electrons. The minimum absolute atomic E-state index is 0.168. The van der Waals surface area contributed by atoms with Gasteiger partial charge in [0.15, 0.2) is 0 Å². The Balaban J connectivity index is 1.48. The molecule has 1 aromatic rings. The van der Waals surface area contributed by atoms with E-state index in [1.807, 2.05) is 6.07 Å². The van der Waals surface area contributed by atoms with Gasteiger partial charge in [-0.05, 0) is 67.6 Å². The van der Waals surface area contributed by atoms with Crippen LogP contribution in [0.5, 0.6) is 0 Å². The van der Waals surface area contributed by atoms with Crippen molar-refractivity contribution in [3.05, 3.63) is 29.8 Å². The van der Waals surface area contributed by atoms with Crippen molar-refractivity contribution in [2.24, 2.45) is 28.8 Å². The van der Waals surface area contributed by atoms with Gasteiger partial charge < -0.3 is 5.32 Å². The molecule has 5 unspecified atom stereocenters. The zero-order valence-electron chi connectivity index (χ0n) is 12.2. The molecular weight excluding hydrogens is 284 g/mol. The van der Waals surface area contributed by atoms with Crippen LogP contribution in [0.2, 0.25) is 0 Å². The van der Waals surface area contributed by atoms with E-state index in [-0.39, 0.29) is 10.9 Å². The Morgan fingerprint density at radius 3 is 2.52 bits per heavy atom. The molecule has 21 heavy (non-hydrogen) atoms. The highest BCUT2D eigenvalue weighted by Gasteiger charge is 2.64. The second-order valence-electron chi connectivity index (χ2n) is 7.02. The van der Waals surface area contributed by atoms with E-state index in [4.69, 9.17) is 5.14 Å². The normalized spacial score (nSPS) is 38.3. The molecule has 3 fully saturated rings. The predicted octanol–water partition coefficient (Wildman–Crippen LogP) is 2.03. The number of hydrogen-bond donors (Lipinski definition) is 2. The Morgan fingerprint density at radius 2 is 1.90 bits per heavy atom. The number of nitrogens with two attached hydrogens (primary N) is 1. The molecule has 114 valence electrons. The van der Waals surface area contributed by atoms with Crippen LogP contribution in [0.15, 0.2) is 29.2 Å². The molecule has 3 saturated carbocycles. The van der Waals surface area contributed by atoms with Gasteiger partial charge in [-0.1, -0.05) is 12.1 Å². The Bertz CT molecular complexity index is 657. The van der Waals surface area contributed by atoms with Gasteiger partial charge in [-0.15, -0.1) is 0 Å². The number of fused-ring (bicyclic) bond motifs is 5. The summed E-state index contributed by atoms with van der Waals surface area (Å²) in [6, 6.07) is 7.80. The maximum absolute atomic E-state index is 11.5. The van der Waals surface area contributed by atoms with E-state index in [0.717, 1.165) is 29.2 Å². The van der Waals surface area contributed by atoms with Crippen LogP contribution in [-0.2, 0) is 10.0 Å². The van der Waals surface area contributed by atoms with Crippen molar-refractivity contribution in [1.82, 2.24) is 5.32 Å². The summed E-state index contributed by atoms with van der Waals surface area (Å²) < 4.78 is 22.9. The summed E-state index contributed by atoms with van der Waals surface area (Å²) in [4.78, 5) is 0.199. The zero-order valence-corrected chi connectivity index (χ0v) is 13.0. The highest BCUT2D eigenvalue weighted by molar-refractivity contribution is 7.89. The third-order valence-electron chi connectivity index (χ3n) is 5.86. The van der Waals surface area contributed by atoms with E-state index < -0.39 is 10.0 Å². The van der Waals surface area contributed by atoms with Crippen LogP contribution >= 0.6 is 0 Å². The third-order valence-corrected chi connectivity index (χ3v) is 6.78. The average molecular weight is 306 g/mol. The highest BCUT2D eigenvalue weighted by Crippen LogP contribution is 2.65. The summed E-state index contributed by atoms with van der Waals surface area (Å²) in [5.74, 6) is 3.65. The molecule has 0 saturated heterocycles. The van der Waals surface area contributed by atoms with Gasteiger partial charge in [-0.3, -0.25) is 0 Å². The van der Waals surface area contributed by atoms with Crippen molar-refractivity contribution in [2.75, 3.05) is 0 Å². The van der Waals surface area contributed by atoms with Crippen LogP contribution in [0.1, 0.15) is 37.8 Å². The molecule has 3 aliphatic rings. The molecule has 0 spiro atoms. The predicted molar refractivity (Wildman–Crippen MR) is 81.0 cm³/mol. The second-order valence-corrected chi connectivity index (χ2v) is 8.58. The van der Waals surface area contributed by atoms with Crippen molar-refractivity contribution in [2.45, 2.75) is 43.2 Å². The molecule has 4 nitrogen and oxygen atoms in total. The monoisotopic (exact) mass is 306 g/mol. The van der Waals surface area contributed by atoms with Gasteiger partial charge in [0.2, 0.25) is 10.0 Å². The number of rotatable bonds is 4. The van der Waals surface area contributed by atoms with Gasteiger partial charge in [0.1, 0.15) is 0 Å². The molecule has 3 aliphatic carbocycles. The fraction of sp³-hybridized carbons (Fsp3) is 0.625. The quantitative estimate of drug-likeness (QED) is 0.894. The molecule has 0 heterocycles. The van der Waals surface area contributed by atoms with Crippen molar-refractivity contribution in [3.8, 4) is 0 Å². The molecule has 0 aromatic heterocycles. The minimum atomic E-state index is -3.62. The van der Waals surface area contributed by atoms with Crippen LogP contribution in [0.3, 0.4) is 0 Å². The fourth-order valence-corrected chi connectivity index (χ4v) is 5.46. The number of primary sulfonamides is 1. The van der Waals surface area contributed by atoms with Crippen LogP contribution in [0, 0.1) is 23.7 Å². The molecule has 2 bridgehead atoms. The van der Waals surface area contributed by atoms with E-state index in [9.17, 15) is 8.42 Å². The fourth-order valence-electron chi connectivity index (χ4n) is 4.89. The van der Waals surface area contributed by atoms with Gasteiger partial charge >= 0.3 is 0 Å². The van der Waals surface area contributed by atoms with Crippen molar-refractivity contribution in [1.29, 1.82) is 0 Å². The van der Waals surface area contributed by atoms with Gasteiger partial charge in [0, 0.05) is 12.1 Å². The van der Waals surface area contributed by atoms with E-state index >= 15 is 0 Å². The minimum Gasteiger partial charge on any atom is -0.307 e. The first-order valence-corrected chi connectivity index (χ1v) is 9.38. The van der Waals surface area contributed by atoms with Crippen molar-refractivity contribution < 1.29 is 8.42 Å². The topological polar surface area (TPSA) is 72.2 Å². The van der Waals surface area contributed by atoms with Gasteiger partial charge in [0.05, 0.1) is 4.90 Å². The van der Waals surface area contributed by atoms with Gasteiger partial charge in [-0.2, -0.15) is 0 Å². The van der Waals surface area contributed by atoms with Crippen molar-refractivity contribution >= 4 is 10.0 Å². The SMILES string of the molecule is CC(NC1C2C3CCC(C3)C12)c1cccc(S(N)(=O)=O)c1. The molecule has 5 atom stereocenters. The number of benzene rings is 1. The maximum atomic E-state index is 11.5. The largest absolute Gasteiger partial charge is 0.307 e. The average Bonchev–Trinajstić information content (AvgIpc) is 2.83. The van der Waals surface area contributed by atoms with Crippen molar-refractivity contribution in [3.63, 3.8) is 0 Å². The number of nitrogens with one attached hydrogen (secondary N) is 1. The van der Waals surface area contributed by atoms with E-state index in [2.05, 4.69) is 12.2 Å². The standard InChI is InChI=1S/C16H22N2O2S/c1-9(10-3-2-4-13(8-10)21(17,19)20)18-16-14-11-5-6-12(7-11)15(14)16/h2-4,8-9,11-12,14-16,18H,5-7H2,1H3,(H2,17,19,20). The molecular formula is C16H22N2O2S. The summed E-state index contributed by atoms with van der Waals surface area (Å²) in [6.07, 6.45) is 4.28. The Labute approximate surface area is 126 Å². The zero-order chi connectivity index (χ0) is 14.8. The summed E-state index contributed by atoms with van der Waals surface area (Å²) in [7, 11) is -3.62. The molecule has 0 amide bonds. The Morgan fingerprint density at radius 1 is 1.24 bits per heavy atom. The van der Waals surface area contributed by atoms with E-state index in [1.54, 1.807) is 18.2 Å². The first kappa shape index (κ1) is 13.7. The number of hydrogen-bond acceptors (Lipinski definition) is 3. The lowest BCUT2D eigenvalue weighted by molar-refractivity contribution is 0.433. The summed E-state index contributed by atoms with van der Waals surface area (Å²) in [5.41, 5.74) is 0.999. The summed E-state index contributed by atoms with van der Waals surface area (Å²) in [5, 5.41) is 8.93. The van der Waals surface area contributed by atoms with Crippen LogP contribution < -0.4 is 10.5 Å². The molecule has 1 aromatic carbocycles.